The highest BCUT2D eigenvalue weighted by atomic mass is 35.5. The molecule has 4 nitrogen and oxygen atoms in total. The third kappa shape index (κ3) is 4.00. The number of carbonyl (C=O) groups excluding carboxylic acids is 1. The Morgan fingerprint density at radius 2 is 2.00 bits per heavy atom. The molecule has 21 heavy (non-hydrogen) atoms. The van der Waals surface area contributed by atoms with Crippen LogP contribution in [0.25, 0.3) is 0 Å². The predicted molar refractivity (Wildman–Crippen MR) is 77.5 cm³/mol. The van der Waals surface area contributed by atoms with Gasteiger partial charge < -0.3 is 10.4 Å². The quantitative estimate of drug-likeness (QED) is 0.854. The number of benzene rings is 1. The van der Waals surface area contributed by atoms with Crippen molar-refractivity contribution >= 4 is 17.5 Å². The second-order valence-electron chi connectivity index (χ2n) is 4.63. The Labute approximate surface area is 126 Å². The summed E-state index contributed by atoms with van der Waals surface area (Å²) < 4.78 is 12.9. The van der Waals surface area contributed by atoms with Gasteiger partial charge in [-0.2, -0.15) is 0 Å². The van der Waals surface area contributed by atoms with Crippen molar-refractivity contribution in [2.75, 3.05) is 0 Å². The van der Waals surface area contributed by atoms with Crippen molar-refractivity contribution in [1.82, 2.24) is 10.3 Å². The summed E-state index contributed by atoms with van der Waals surface area (Å²) in [5.41, 5.74) is 0.880. The van der Waals surface area contributed by atoms with Crippen molar-refractivity contribution in [2.45, 2.75) is 19.1 Å². The van der Waals surface area contributed by atoms with Crippen LogP contribution in [0.2, 0.25) is 5.15 Å². The summed E-state index contributed by atoms with van der Waals surface area (Å²) in [7, 11) is 0. The minimum atomic E-state index is -0.938. The Morgan fingerprint density at radius 1 is 1.33 bits per heavy atom. The average molecular weight is 309 g/mol. The smallest absolute Gasteiger partial charge is 0.251 e. The van der Waals surface area contributed by atoms with Gasteiger partial charge in [-0.3, -0.25) is 4.79 Å². The van der Waals surface area contributed by atoms with Crippen LogP contribution in [0.5, 0.6) is 0 Å². The Kier molecular flexibility index (Phi) is 4.88. The van der Waals surface area contributed by atoms with Gasteiger partial charge in [0.05, 0.1) is 12.1 Å². The SMILES string of the molecule is CC(NC(=O)c1ccnc(Cl)c1)C(O)c1ccc(F)cc1. The number of aliphatic hydroxyl groups excluding tert-OH is 1. The van der Waals surface area contributed by atoms with E-state index in [-0.39, 0.29) is 16.9 Å². The summed E-state index contributed by atoms with van der Waals surface area (Å²) >= 11 is 5.72. The molecule has 0 aliphatic rings. The molecule has 1 amide bonds. The second-order valence-corrected chi connectivity index (χ2v) is 5.01. The maximum absolute atomic E-state index is 12.9. The Bertz CT molecular complexity index is 634. The lowest BCUT2D eigenvalue weighted by molar-refractivity contribution is 0.0852. The summed E-state index contributed by atoms with van der Waals surface area (Å²) in [5, 5.41) is 13.0. The molecule has 0 saturated heterocycles. The summed E-state index contributed by atoms with van der Waals surface area (Å²) in [4.78, 5) is 15.8. The Hall–Kier alpha value is -1.98. The van der Waals surface area contributed by atoms with Crippen molar-refractivity contribution < 1.29 is 14.3 Å². The van der Waals surface area contributed by atoms with E-state index < -0.39 is 12.1 Å². The number of hydrogen-bond acceptors (Lipinski definition) is 3. The summed E-state index contributed by atoms with van der Waals surface area (Å²) in [5.74, 6) is -0.748. The van der Waals surface area contributed by atoms with Gasteiger partial charge >= 0.3 is 0 Å². The fraction of sp³-hybridized carbons (Fsp3) is 0.200. The van der Waals surface area contributed by atoms with Crippen LogP contribution in [-0.2, 0) is 0 Å². The number of aromatic nitrogens is 1. The van der Waals surface area contributed by atoms with Crippen LogP contribution in [0.4, 0.5) is 4.39 Å². The topological polar surface area (TPSA) is 62.2 Å². The minimum Gasteiger partial charge on any atom is -0.386 e. The van der Waals surface area contributed by atoms with Gasteiger partial charge in [-0.25, -0.2) is 9.37 Å². The van der Waals surface area contributed by atoms with Crippen molar-refractivity contribution in [3.8, 4) is 0 Å². The normalized spacial score (nSPS) is 13.5. The molecule has 2 N–H and O–H groups in total. The van der Waals surface area contributed by atoms with E-state index in [0.717, 1.165) is 0 Å². The number of carbonyl (C=O) groups is 1. The molecule has 1 aromatic heterocycles. The van der Waals surface area contributed by atoms with Crippen molar-refractivity contribution in [1.29, 1.82) is 0 Å². The third-order valence-corrected chi connectivity index (χ3v) is 3.24. The Morgan fingerprint density at radius 3 is 2.62 bits per heavy atom. The Balaban J connectivity index is 2.05. The molecule has 0 aliphatic carbocycles. The van der Waals surface area contributed by atoms with Crippen LogP contribution >= 0.6 is 11.6 Å². The molecule has 1 aromatic carbocycles. The minimum absolute atomic E-state index is 0.217. The van der Waals surface area contributed by atoms with Crippen LogP contribution < -0.4 is 5.32 Å². The first-order valence-corrected chi connectivity index (χ1v) is 6.71. The van der Waals surface area contributed by atoms with E-state index >= 15 is 0 Å². The molecule has 0 spiro atoms. The van der Waals surface area contributed by atoms with Crippen LogP contribution in [0, 0.1) is 5.82 Å². The molecule has 0 fully saturated rings. The predicted octanol–water partition coefficient (Wildman–Crippen LogP) is 2.73. The number of aliphatic hydroxyl groups is 1. The highest BCUT2D eigenvalue weighted by molar-refractivity contribution is 6.29. The lowest BCUT2D eigenvalue weighted by Gasteiger charge is -2.20. The first-order valence-electron chi connectivity index (χ1n) is 6.33. The molecule has 2 unspecified atom stereocenters. The second kappa shape index (κ2) is 6.65. The average Bonchev–Trinajstić information content (AvgIpc) is 2.47. The lowest BCUT2D eigenvalue weighted by Crippen LogP contribution is -2.37. The fourth-order valence-corrected chi connectivity index (χ4v) is 2.04. The van der Waals surface area contributed by atoms with Crippen LogP contribution in [-0.4, -0.2) is 22.0 Å². The first-order chi connectivity index (χ1) is 9.97. The summed E-state index contributed by atoms with van der Waals surface area (Å²) in [6.45, 7) is 1.66. The van der Waals surface area contributed by atoms with Crippen LogP contribution in [0.1, 0.15) is 28.9 Å². The molecule has 1 heterocycles. The number of nitrogens with one attached hydrogen (secondary N) is 1. The van der Waals surface area contributed by atoms with E-state index in [4.69, 9.17) is 11.6 Å². The van der Waals surface area contributed by atoms with Gasteiger partial charge in [0.1, 0.15) is 11.0 Å². The molecule has 6 heteroatoms. The lowest BCUT2D eigenvalue weighted by atomic mass is 10.0. The van der Waals surface area contributed by atoms with E-state index in [9.17, 15) is 14.3 Å². The highest BCUT2D eigenvalue weighted by Crippen LogP contribution is 2.17. The number of pyridine rings is 1. The molecule has 0 aliphatic heterocycles. The zero-order chi connectivity index (χ0) is 15.4. The number of halogens is 2. The number of amides is 1. The van der Waals surface area contributed by atoms with E-state index in [1.165, 1.54) is 42.6 Å². The molecule has 2 aromatic rings. The standard InChI is InChI=1S/C15H14ClFN2O2/c1-9(14(20)10-2-4-12(17)5-3-10)19-15(21)11-6-7-18-13(16)8-11/h2-9,14,20H,1H3,(H,19,21). The number of nitrogens with zero attached hydrogens (tertiary/aromatic N) is 1. The number of rotatable bonds is 4. The van der Waals surface area contributed by atoms with E-state index in [1.54, 1.807) is 6.92 Å². The molecule has 0 bridgehead atoms. The van der Waals surface area contributed by atoms with Gasteiger partial charge in [-0.05, 0) is 36.8 Å². The van der Waals surface area contributed by atoms with Gasteiger partial charge in [0.2, 0.25) is 0 Å². The molecule has 0 saturated carbocycles. The fourth-order valence-electron chi connectivity index (χ4n) is 1.86. The van der Waals surface area contributed by atoms with Crippen LogP contribution in [0.15, 0.2) is 42.6 Å². The van der Waals surface area contributed by atoms with Gasteiger partial charge in [0.15, 0.2) is 0 Å². The van der Waals surface area contributed by atoms with Crippen molar-refractivity contribution in [2.24, 2.45) is 0 Å². The third-order valence-electron chi connectivity index (χ3n) is 3.03. The molecule has 2 atom stereocenters. The maximum atomic E-state index is 12.9. The molecule has 0 radical (unpaired) electrons. The van der Waals surface area contributed by atoms with Crippen molar-refractivity contribution in [3.63, 3.8) is 0 Å². The van der Waals surface area contributed by atoms with Crippen molar-refractivity contribution in [3.05, 3.63) is 64.7 Å². The zero-order valence-electron chi connectivity index (χ0n) is 11.3. The van der Waals surface area contributed by atoms with Gasteiger partial charge in [0.25, 0.3) is 5.91 Å². The van der Waals surface area contributed by atoms with Gasteiger partial charge in [-0.1, -0.05) is 23.7 Å². The first kappa shape index (κ1) is 15.4. The number of hydrogen-bond donors (Lipinski definition) is 2. The zero-order valence-corrected chi connectivity index (χ0v) is 12.0. The van der Waals surface area contributed by atoms with E-state index in [1.807, 2.05) is 0 Å². The van der Waals surface area contributed by atoms with Gasteiger partial charge in [-0.15, -0.1) is 0 Å². The van der Waals surface area contributed by atoms with E-state index in [0.29, 0.717) is 11.1 Å². The van der Waals surface area contributed by atoms with Gasteiger partial charge in [0, 0.05) is 11.8 Å². The molecule has 2 rings (SSSR count). The summed E-state index contributed by atoms with van der Waals surface area (Å²) in [6.07, 6.45) is 0.491. The maximum Gasteiger partial charge on any atom is 0.251 e. The largest absolute Gasteiger partial charge is 0.386 e. The van der Waals surface area contributed by atoms with Crippen LogP contribution in [0.3, 0.4) is 0 Å². The molecular weight excluding hydrogens is 295 g/mol. The summed E-state index contributed by atoms with van der Waals surface area (Å²) in [6, 6.07) is 7.89. The molecular formula is C15H14ClFN2O2. The monoisotopic (exact) mass is 308 g/mol. The highest BCUT2D eigenvalue weighted by Gasteiger charge is 2.19. The molecule has 110 valence electrons. The van der Waals surface area contributed by atoms with E-state index in [2.05, 4.69) is 10.3 Å².